The Kier molecular flexibility index (Phi) is 5.78. The molecule has 0 heterocycles. The minimum absolute atomic E-state index is 0.489. The van der Waals surface area contributed by atoms with Crippen molar-refractivity contribution in [2.75, 3.05) is 14.2 Å². The zero-order valence-electron chi connectivity index (χ0n) is 15.9. The third-order valence-electron chi connectivity index (χ3n) is 5.60. The van der Waals surface area contributed by atoms with Gasteiger partial charge in [0.1, 0.15) is 11.2 Å². The quantitative estimate of drug-likeness (QED) is 0.563. The van der Waals surface area contributed by atoms with Crippen molar-refractivity contribution in [3.63, 3.8) is 0 Å². The van der Waals surface area contributed by atoms with E-state index in [1.165, 1.54) is 6.08 Å². The first kappa shape index (κ1) is 19.3. The second kappa shape index (κ2) is 8.07. The fourth-order valence-electron chi connectivity index (χ4n) is 4.29. The van der Waals surface area contributed by atoms with E-state index in [9.17, 15) is 4.79 Å². The van der Waals surface area contributed by atoms with Gasteiger partial charge in [-0.2, -0.15) is 0 Å². The predicted molar refractivity (Wildman–Crippen MR) is 104 cm³/mol. The van der Waals surface area contributed by atoms with Crippen LogP contribution in [0.1, 0.15) is 30.4 Å². The largest absolute Gasteiger partial charge is 0.452 e. The normalized spacial score (nSPS) is 27.7. The van der Waals surface area contributed by atoms with Crippen molar-refractivity contribution in [2.45, 2.75) is 36.6 Å². The van der Waals surface area contributed by atoms with Crippen LogP contribution in [0.15, 0.2) is 73.3 Å². The molecular formula is C23H26O4. The van der Waals surface area contributed by atoms with Crippen LogP contribution in [0.2, 0.25) is 0 Å². The Morgan fingerprint density at radius 2 is 1.37 bits per heavy atom. The summed E-state index contributed by atoms with van der Waals surface area (Å²) < 4.78 is 18.2. The highest BCUT2D eigenvalue weighted by molar-refractivity contribution is 5.81. The summed E-state index contributed by atoms with van der Waals surface area (Å²) in [5, 5.41) is 0. The standard InChI is InChI=1S/C23H26O4/c1-4-20(24)27-21-22(25-2,18-12-7-5-8-13-18)16-11-17-23(21,26-3)19-14-9-6-10-15-19/h4-10,12-15,21H,1,11,16-17H2,2-3H3. The van der Waals surface area contributed by atoms with Crippen molar-refractivity contribution >= 4 is 5.97 Å². The topological polar surface area (TPSA) is 44.8 Å². The number of hydrogen-bond acceptors (Lipinski definition) is 4. The lowest BCUT2D eigenvalue weighted by Gasteiger charge is -2.52. The van der Waals surface area contributed by atoms with Crippen LogP contribution in [0.4, 0.5) is 0 Å². The SMILES string of the molecule is C=CC(=O)OC1C(OC)(c2ccccc2)CCCC1(OC)c1ccccc1. The van der Waals surface area contributed by atoms with Crippen LogP contribution in [0.5, 0.6) is 0 Å². The molecule has 1 aliphatic carbocycles. The lowest BCUT2D eigenvalue weighted by molar-refractivity contribution is -0.242. The van der Waals surface area contributed by atoms with E-state index < -0.39 is 23.3 Å². The molecule has 0 saturated heterocycles. The molecule has 0 amide bonds. The van der Waals surface area contributed by atoms with Crippen LogP contribution >= 0.6 is 0 Å². The van der Waals surface area contributed by atoms with Crippen LogP contribution in [-0.2, 0) is 30.2 Å². The second-order valence-electron chi connectivity index (χ2n) is 6.79. The summed E-state index contributed by atoms with van der Waals surface area (Å²) in [6.07, 6.45) is 2.84. The Morgan fingerprint density at radius 1 is 0.926 bits per heavy atom. The summed E-state index contributed by atoms with van der Waals surface area (Å²) >= 11 is 0. The molecule has 27 heavy (non-hydrogen) atoms. The number of carbonyl (C=O) groups is 1. The van der Waals surface area contributed by atoms with Crippen LogP contribution < -0.4 is 0 Å². The lowest BCUT2D eigenvalue weighted by Crippen LogP contribution is -2.59. The molecule has 2 aromatic carbocycles. The van der Waals surface area contributed by atoms with E-state index in [2.05, 4.69) is 6.58 Å². The molecule has 2 unspecified atom stereocenters. The maximum Gasteiger partial charge on any atom is 0.330 e. The summed E-state index contributed by atoms with van der Waals surface area (Å²) in [6, 6.07) is 19.8. The zero-order valence-corrected chi connectivity index (χ0v) is 15.9. The van der Waals surface area contributed by atoms with Crippen LogP contribution in [0.25, 0.3) is 0 Å². The van der Waals surface area contributed by atoms with Crippen LogP contribution in [0.3, 0.4) is 0 Å². The fraction of sp³-hybridized carbons (Fsp3) is 0.348. The van der Waals surface area contributed by atoms with Crippen molar-refractivity contribution in [3.05, 3.63) is 84.4 Å². The summed E-state index contributed by atoms with van der Waals surface area (Å²) in [5.41, 5.74) is 0.298. The van der Waals surface area contributed by atoms with Gasteiger partial charge in [0.2, 0.25) is 0 Å². The van der Waals surface area contributed by atoms with E-state index in [0.717, 1.165) is 30.4 Å². The number of ether oxygens (including phenoxy) is 3. The molecule has 3 rings (SSSR count). The molecule has 1 fully saturated rings. The average Bonchev–Trinajstić information content (AvgIpc) is 2.75. The zero-order chi connectivity index (χ0) is 19.3. The monoisotopic (exact) mass is 366 g/mol. The first-order valence-corrected chi connectivity index (χ1v) is 9.17. The summed E-state index contributed by atoms with van der Waals surface area (Å²) in [7, 11) is 3.33. The number of carbonyl (C=O) groups excluding carboxylic acids is 1. The minimum atomic E-state index is -0.815. The fourth-order valence-corrected chi connectivity index (χ4v) is 4.29. The molecular weight excluding hydrogens is 340 g/mol. The van der Waals surface area contributed by atoms with Gasteiger partial charge < -0.3 is 14.2 Å². The molecule has 0 N–H and O–H groups in total. The highest BCUT2D eigenvalue weighted by Gasteiger charge is 2.58. The van der Waals surface area contributed by atoms with Gasteiger partial charge in [-0.05, 0) is 30.4 Å². The van der Waals surface area contributed by atoms with Gasteiger partial charge in [-0.15, -0.1) is 0 Å². The lowest BCUT2D eigenvalue weighted by atomic mass is 9.66. The highest BCUT2D eigenvalue weighted by atomic mass is 16.6. The molecule has 0 aliphatic heterocycles. The molecule has 0 radical (unpaired) electrons. The molecule has 4 nitrogen and oxygen atoms in total. The van der Waals surface area contributed by atoms with Crippen molar-refractivity contribution < 1.29 is 19.0 Å². The summed E-state index contributed by atoms with van der Waals surface area (Å²) in [6.45, 7) is 3.56. The molecule has 0 bridgehead atoms. The van der Waals surface area contributed by atoms with Gasteiger partial charge in [-0.25, -0.2) is 4.79 Å². The highest BCUT2D eigenvalue weighted by Crippen LogP contribution is 2.52. The van der Waals surface area contributed by atoms with Gasteiger partial charge in [-0.1, -0.05) is 67.2 Å². The predicted octanol–water partition coefficient (Wildman–Crippen LogP) is 4.35. The molecule has 0 aromatic heterocycles. The number of hydrogen-bond donors (Lipinski definition) is 0. The number of benzene rings is 2. The van der Waals surface area contributed by atoms with Crippen molar-refractivity contribution in [2.24, 2.45) is 0 Å². The Hall–Kier alpha value is -2.43. The van der Waals surface area contributed by atoms with Crippen molar-refractivity contribution in [3.8, 4) is 0 Å². The second-order valence-corrected chi connectivity index (χ2v) is 6.79. The van der Waals surface area contributed by atoms with Crippen LogP contribution in [-0.4, -0.2) is 26.3 Å². The maximum atomic E-state index is 12.3. The van der Waals surface area contributed by atoms with Crippen molar-refractivity contribution in [1.29, 1.82) is 0 Å². The first-order chi connectivity index (χ1) is 13.1. The van der Waals surface area contributed by atoms with E-state index in [1.54, 1.807) is 14.2 Å². The van der Waals surface area contributed by atoms with E-state index >= 15 is 0 Å². The Morgan fingerprint density at radius 3 is 1.74 bits per heavy atom. The summed E-state index contributed by atoms with van der Waals surface area (Å²) in [4.78, 5) is 12.3. The van der Waals surface area contributed by atoms with Gasteiger partial charge in [0.15, 0.2) is 6.10 Å². The molecule has 1 saturated carbocycles. The first-order valence-electron chi connectivity index (χ1n) is 9.17. The van der Waals surface area contributed by atoms with E-state index in [1.807, 2.05) is 60.7 Å². The smallest absolute Gasteiger partial charge is 0.330 e. The van der Waals surface area contributed by atoms with E-state index in [4.69, 9.17) is 14.2 Å². The van der Waals surface area contributed by atoms with E-state index in [0.29, 0.717) is 0 Å². The average molecular weight is 366 g/mol. The number of methoxy groups -OCH3 is 2. The summed E-state index contributed by atoms with van der Waals surface area (Å²) in [5.74, 6) is -0.489. The Labute approximate surface area is 160 Å². The van der Waals surface area contributed by atoms with Gasteiger partial charge in [0.25, 0.3) is 0 Å². The molecule has 4 heteroatoms. The Balaban J connectivity index is 2.21. The molecule has 2 atom stereocenters. The van der Waals surface area contributed by atoms with Gasteiger partial charge in [0, 0.05) is 20.3 Å². The Bertz CT molecular complexity index is 718. The third-order valence-corrected chi connectivity index (χ3v) is 5.60. The maximum absolute atomic E-state index is 12.3. The number of esters is 1. The van der Waals surface area contributed by atoms with Gasteiger partial charge >= 0.3 is 5.97 Å². The minimum Gasteiger partial charge on any atom is -0.452 e. The van der Waals surface area contributed by atoms with Crippen molar-refractivity contribution in [1.82, 2.24) is 0 Å². The molecule has 1 aliphatic rings. The molecule has 142 valence electrons. The van der Waals surface area contributed by atoms with Gasteiger partial charge in [-0.3, -0.25) is 0 Å². The van der Waals surface area contributed by atoms with Gasteiger partial charge in [0.05, 0.1) is 0 Å². The molecule has 2 aromatic rings. The van der Waals surface area contributed by atoms with Crippen LogP contribution in [0, 0.1) is 0 Å². The third kappa shape index (κ3) is 3.31. The number of rotatable bonds is 6. The molecule has 0 spiro atoms. The van der Waals surface area contributed by atoms with E-state index in [-0.39, 0.29) is 0 Å².